The molecule has 0 bridgehead atoms. The number of aliphatic hydroxyl groups excluding tert-OH is 1. The molecule has 2 saturated heterocycles. The highest BCUT2D eigenvalue weighted by Gasteiger charge is 2.51. The maximum absolute atomic E-state index is 11.2. The van der Waals surface area contributed by atoms with Crippen LogP contribution in [0.15, 0.2) is 23.6 Å². The summed E-state index contributed by atoms with van der Waals surface area (Å²) in [4.78, 5) is 23.8. The van der Waals surface area contributed by atoms with Crippen LogP contribution in [0.1, 0.15) is 6.42 Å². The molecule has 2 aliphatic rings. The first-order valence-corrected chi connectivity index (χ1v) is 5.35. The number of hydrogen-bond acceptors (Lipinski definition) is 6. The number of carbonyl (C=O) groups excluding carboxylic acids is 1. The first-order chi connectivity index (χ1) is 8.58. The fourth-order valence-corrected chi connectivity index (χ4v) is 2.06. The van der Waals surface area contributed by atoms with Gasteiger partial charge in [0.15, 0.2) is 12.3 Å². The van der Waals surface area contributed by atoms with Crippen LogP contribution in [0.2, 0.25) is 0 Å². The molecule has 18 heavy (non-hydrogen) atoms. The molecule has 98 valence electrons. The van der Waals surface area contributed by atoms with Gasteiger partial charge in [0.25, 0.3) is 0 Å². The number of aliphatic carboxylic acids is 1. The summed E-state index contributed by atoms with van der Waals surface area (Å²) in [5.41, 5.74) is 0.556. The summed E-state index contributed by atoms with van der Waals surface area (Å²) < 4.78 is 9.86. The molecule has 2 rings (SSSR count). The lowest BCUT2D eigenvalue weighted by molar-refractivity contribution is -0.142. The summed E-state index contributed by atoms with van der Waals surface area (Å²) in [5, 5.41) is 18.0. The Hall–Kier alpha value is -2.02. The normalized spacial score (nSPS) is 29.8. The van der Waals surface area contributed by atoms with Crippen LogP contribution in [0, 0.1) is 0 Å². The zero-order valence-corrected chi connectivity index (χ0v) is 9.70. The fraction of sp³-hybridized carbons (Fsp3) is 0.455. The zero-order valence-electron chi connectivity index (χ0n) is 9.70. The molecule has 0 saturated carbocycles. The summed E-state index contributed by atoms with van der Waals surface area (Å²) >= 11 is 0. The van der Waals surface area contributed by atoms with Gasteiger partial charge in [-0.3, -0.25) is 0 Å². The first kappa shape index (κ1) is 12.4. The van der Waals surface area contributed by atoms with E-state index in [1.807, 2.05) is 0 Å². The zero-order chi connectivity index (χ0) is 13.3. The van der Waals surface area contributed by atoms with Crippen LogP contribution >= 0.6 is 0 Å². The third kappa shape index (κ3) is 1.92. The van der Waals surface area contributed by atoms with E-state index in [9.17, 15) is 9.59 Å². The molecule has 0 amide bonds. The third-order valence-corrected chi connectivity index (χ3v) is 2.86. The number of ether oxygens (including phenoxy) is 2. The van der Waals surface area contributed by atoms with Gasteiger partial charge in [-0.2, -0.15) is 0 Å². The summed E-state index contributed by atoms with van der Waals surface area (Å²) in [7, 11) is 1.25. The molecule has 0 unspecified atom stereocenters. The van der Waals surface area contributed by atoms with Crippen molar-refractivity contribution in [3.63, 3.8) is 0 Å². The Bertz CT molecular complexity index is 441. The Morgan fingerprint density at radius 1 is 1.61 bits per heavy atom. The number of hydrogen-bond donors (Lipinski definition) is 2. The minimum atomic E-state index is -1.09. The highest BCUT2D eigenvalue weighted by atomic mass is 16.5. The van der Waals surface area contributed by atoms with Gasteiger partial charge in [-0.05, 0) is 6.08 Å². The van der Waals surface area contributed by atoms with Crippen LogP contribution < -0.4 is 0 Å². The number of aliphatic hydroxyl groups is 1. The molecule has 0 aromatic rings. The number of nitrogens with zero attached hydrogens (tertiary/aromatic N) is 1. The molecule has 7 nitrogen and oxygen atoms in total. The van der Waals surface area contributed by atoms with Crippen LogP contribution in [0.5, 0.6) is 0 Å². The smallest absolute Gasteiger partial charge is 0.334 e. The molecule has 2 heterocycles. The van der Waals surface area contributed by atoms with Gasteiger partial charge in [-0.15, -0.1) is 0 Å². The van der Waals surface area contributed by atoms with Crippen molar-refractivity contribution in [2.24, 2.45) is 0 Å². The lowest BCUT2D eigenvalue weighted by Crippen LogP contribution is -2.48. The van der Waals surface area contributed by atoms with Crippen molar-refractivity contribution in [3.05, 3.63) is 23.6 Å². The quantitative estimate of drug-likeness (QED) is 0.515. The Balaban J connectivity index is 2.23. The summed E-state index contributed by atoms with van der Waals surface area (Å²) in [6.07, 6.45) is 2.62. The second-order valence-corrected chi connectivity index (χ2v) is 3.87. The van der Waals surface area contributed by atoms with Crippen molar-refractivity contribution < 1.29 is 29.3 Å². The molecule has 2 N–H and O–H groups in total. The lowest BCUT2D eigenvalue weighted by Gasteiger charge is -2.38. The van der Waals surface area contributed by atoms with Crippen molar-refractivity contribution in [2.45, 2.75) is 18.7 Å². The molecule has 0 aliphatic carbocycles. The van der Waals surface area contributed by atoms with E-state index >= 15 is 0 Å². The van der Waals surface area contributed by atoms with E-state index in [0.717, 1.165) is 0 Å². The number of carbonyl (C=O) groups is 2. The van der Waals surface area contributed by atoms with E-state index in [0.29, 0.717) is 12.1 Å². The average Bonchev–Trinajstić information content (AvgIpc) is 2.60. The summed E-state index contributed by atoms with van der Waals surface area (Å²) in [6, 6.07) is -0.994. The topological polar surface area (TPSA) is 96.3 Å². The van der Waals surface area contributed by atoms with E-state index < -0.39 is 18.0 Å². The molecule has 7 heteroatoms. The van der Waals surface area contributed by atoms with Gasteiger partial charge >= 0.3 is 11.9 Å². The lowest BCUT2D eigenvalue weighted by atomic mass is 10.0. The van der Waals surface area contributed by atoms with Crippen molar-refractivity contribution in [1.82, 2.24) is 4.90 Å². The Kier molecular flexibility index (Phi) is 3.24. The average molecular weight is 255 g/mol. The van der Waals surface area contributed by atoms with Gasteiger partial charge in [0.05, 0.1) is 13.7 Å². The molecule has 2 fully saturated rings. The minimum absolute atomic E-state index is 0.197. The van der Waals surface area contributed by atoms with Crippen LogP contribution in [-0.2, 0) is 19.1 Å². The largest absolute Gasteiger partial charge is 0.479 e. The van der Waals surface area contributed by atoms with Gasteiger partial charge in [0.1, 0.15) is 5.76 Å². The molecule has 0 aromatic carbocycles. The van der Waals surface area contributed by atoms with E-state index in [1.165, 1.54) is 24.2 Å². The number of rotatable bonds is 3. The van der Waals surface area contributed by atoms with E-state index in [2.05, 4.69) is 4.74 Å². The summed E-state index contributed by atoms with van der Waals surface area (Å²) in [5.74, 6) is -1.43. The van der Waals surface area contributed by atoms with Crippen LogP contribution in [0.3, 0.4) is 0 Å². The van der Waals surface area contributed by atoms with Crippen LogP contribution in [0.25, 0.3) is 0 Å². The van der Waals surface area contributed by atoms with Gasteiger partial charge in [-0.25, -0.2) is 9.59 Å². The number of carboxylic acid groups (broad SMARTS) is 1. The van der Waals surface area contributed by atoms with Crippen molar-refractivity contribution in [1.29, 1.82) is 0 Å². The molecule has 0 spiro atoms. The maximum Gasteiger partial charge on any atom is 0.334 e. The molecule has 0 radical (unpaired) electrons. The SMILES string of the molecule is COC(=O)/C=C1/C[C@H]2O/C(=C\CO)[C@H](C(=O)O)N12. The number of esters is 1. The van der Waals surface area contributed by atoms with Gasteiger partial charge in [0, 0.05) is 18.2 Å². The molecule has 2 atom stereocenters. The van der Waals surface area contributed by atoms with Crippen LogP contribution in [0.4, 0.5) is 0 Å². The maximum atomic E-state index is 11.2. The van der Waals surface area contributed by atoms with E-state index in [1.54, 1.807) is 0 Å². The van der Waals surface area contributed by atoms with Gasteiger partial charge in [0.2, 0.25) is 0 Å². The highest BCUT2D eigenvalue weighted by Crippen LogP contribution is 2.42. The van der Waals surface area contributed by atoms with E-state index in [4.69, 9.17) is 14.9 Å². The Morgan fingerprint density at radius 2 is 2.33 bits per heavy atom. The van der Waals surface area contributed by atoms with Crippen molar-refractivity contribution >= 4 is 11.9 Å². The predicted octanol–water partition coefficient (Wildman–Crippen LogP) is -0.565. The standard InChI is InChI=1S/C11H13NO6/c1-17-9(14)5-6-4-8-12(6)10(11(15)16)7(18-8)2-3-13/h2,5,8,10,13H,3-4H2,1H3,(H,15,16)/b6-5-,7-2-/t8-,10-/m1/s1. The highest BCUT2D eigenvalue weighted by molar-refractivity contribution is 5.84. The first-order valence-electron chi connectivity index (χ1n) is 5.35. The van der Waals surface area contributed by atoms with E-state index in [-0.39, 0.29) is 18.6 Å². The third-order valence-electron chi connectivity index (χ3n) is 2.86. The molecule has 2 aliphatic heterocycles. The summed E-state index contributed by atoms with van der Waals surface area (Å²) in [6.45, 7) is -0.296. The van der Waals surface area contributed by atoms with Crippen molar-refractivity contribution in [2.75, 3.05) is 13.7 Å². The predicted molar refractivity (Wildman–Crippen MR) is 58.0 cm³/mol. The molecule has 0 aromatic heterocycles. The van der Waals surface area contributed by atoms with Gasteiger partial charge in [-0.1, -0.05) is 0 Å². The second kappa shape index (κ2) is 4.69. The monoisotopic (exact) mass is 255 g/mol. The fourth-order valence-electron chi connectivity index (χ4n) is 2.06. The number of carboxylic acids is 1. The molecular weight excluding hydrogens is 242 g/mol. The number of fused-ring (bicyclic) bond motifs is 1. The Labute approximate surface area is 103 Å². The second-order valence-electron chi connectivity index (χ2n) is 3.87. The minimum Gasteiger partial charge on any atom is -0.479 e. The molecular formula is C11H13NO6. The number of methoxy groups -OCH3 is 1. The van der Waals surface area contributed by atoms with Crippen molar-refractivity contribution in [3.8, 4) is 0 Å². The van der Waals surface area contributed by atoms with Crippen LogP contribution in [-0.4, -0.2) is 53.0 Å². The van der Waals surface area contributed by atoms with Gasteiger partial charge < -0.3 is 24.6 Å². The Morgan fingerprint density at radius 3 is 2.89 bits per heavy atom.